The molecular weight excluding hydrogens is 376 g/mol. The quantitative estimate of drug-likeness (QED) is 0.385. The van der Waals surface area contributed by atoms with Crippen LogP contribution in [0, 0.1) is 5.92 Å². The highest BCUT2D eigenvalue weighted by molar-refractivity contribution is 5.80. The molecule has 0 aromatic heterocycles. The molecule has 7 heteroatoms. The number of piperazine rings is 1. The average molecular weight is 415 g/mol. The zero-order valence-electron chi connectivity index (χ0n) is 18.4. The van der Waals surface area contributed by atoms with Crippen LogP contribution in [-0.4, -0.2) is 80.6 Å². The molecule has 166 valence electrons. The molecule has 2 saturated heterocycles. The van der Waals surface area contributed by atoms with Crippen molar-refractivity contribution in [2.75, 3.05) is 63.8 Å². The molecule has 1 unspecified atom stereocenters. The summed E-state index contributed by atoms with van der Waals surface area (Å²) in [6, 6.07) is 10.7. The lowest BCUT2D eigenvalue weighted by atomic mass is 9.95. The van der Waals surface area contributed by atoms with Crippen LogP contribution < -0.4 is 16.0 Å². The largest absolute Gasteiger partial charge is 0.370 e. The smallest absolute Gasteiger partial charge is 0.217 e. The van der Waals surface area contributed by atoms with Gasteiger partial charge in [-0.2, -0.15) is 0 Å². The van der Waals surface area contributed by atoms with Gasteiger partial charge >= 0.3 is 0 Å². The second-order valence-electron chi connectivity index (χ2n) is 8.38. The van der Waals surface area contributed by atoms with Gasteiger partial charge in [0.05, 0.1) is 0 Å². The van der Waals surface area contributed by atoms with E-state index in [0.29, 0.717) is 12.3 Å². The molecule has 2 fully saturated rings. The number of nitrogens with one attached hydrogen (secondary N) is 1. The highest BCUT2D eigenvalue weighted by atomic mass is 16.1. The van der Waals surface area contributed by atoms with Crippen LogP contribution in [0.5, 0.6) is 0 Å². The van der Waals surface area contributed by atoms with Crippen LogP contribution in [0.15, 0.2) is 35.3 Å². The topological polar surface area (TPSA) is 77.2 Å². The number of amides is 1. The number of benzene rings is 1. The summed E-state index contributed by atoms with van der Waals surface area (Å²) in [6.07, 6.45) is 3.71. The highest BCUT2D eigenvalue weighted by Gasteiger charge is 2.23. The molecule has 2 heterocycles. The van der Waals surface area contributed by atoms with Gasteiger partial charge in [-0.25, -0.2) is 0 Å². The van der Waals surface area contributed by atoms with Crippen molar-refractivity contribution in [3.05, 3.63) is 30.3 Å². The molecule has 2 aliphatic rings. The SMILES string of the molecule is CCNC(=NCCCN1CCN(c2ccccc2)CC1)N1CCCC(CC(N)=O)C1. The number of hydrogen-bond acceptors (Lipinski definition) is 4. The number of carbonyl (C=O) groups excluding carboxylic acids is 1. The minimum absolute atomic E-state index is 0.198. The molecule has 1 aromatic carbocycles. The third-order valence-corrected chi connectivity index (χ3v) is 6.03. The van der Waals surface area contributed by atoms with E-state index in [2.05, 4.69) is 57.3 Å². The summed E-state index contributed by atoms with van der Waals surface area (Å²) in [5, 5.41) is 3.43. The fraction of sp³-hybridized carbons (Fsp3) is 0.652. The molecular formula is C23H38N6O. The number of rotatable bonds is 8. The highest BCUT2D eigenvalue weighted by Crippen LogP contribution is 2.19. The Balaban J connectivity index is 1.41. The normalized spacial score (nSPS) is 21.0. The lowest BCUT2D eigenvalue weighted by Crippen LogP contribution is -2.47. The van der Waals surface area contributed by atoms with E-state index >= 15 is 0 Å². The molecule has 1 aromatic rings. The molecule has 1 atom stereocenters. The Kier molecular flexibility index (Phi) is 8.81. The first-order valence-corrected chi connectivity index (χ1v) is 11.5. The van der Waals surface area contributed by atoms with Crippen LogP contribution >= 0.6 is 0 Å². The number of piperidine rings is 1. The molecule has 0 saturated carbocycles. The van der Waals surface area contributed by atoms with Gasteiger partial charge in [0.2, 0.25) is 5.91 Å². The maximum atomic E-state index is 11.3. The summed E-state index contributed by atoms with van der Waals surface area (Å²) in [5.74, 6) is 1.14. The van der Waals surface area contributed by atoms with Gasteiger partial charge in [-0.1, -0.05) is 18.2 Å². The number of nitrogens with zero attached hydrogens (tertiary/aromatic N) is 4. The van der Waals surface area contributed by atoms with Crippen molar-refractivity contribution in [2.24, 2.45) is 16.6 Å². The Hall–Kier alpha value is -2.28. The molecule has 3 N–H and O–H groups in total. The number of nitrogens with two attached hydrogens (primary N) is 1. The Morgan fingerprint density at radius 1 is 1.17 bits per heavy atom. The summed E-state index contributed by atoms with van der Waals surface area (Å²) >= 11 is 0. The maximum Gasteiger partial charge on any atom is 0.217 e. The van der Waals surface area contributed by atoms with Crippen molar-refractivity contribution in [3.63, 3.8) is 0 Å². The zero-order valence-corrected chi connectivity index (χ0v) is 18.4. The van der Waals surface area contributed by atoms with Gasteiger partial charge in [-0.3, -0.25) is 14.7 Å². The van der Waals surface area contributed by atoms with E-state index < -0.39 is 0 Å². The molecule has 0 spiro atoms. The minimum atomic E-state index is -0.198. The van der Waals surface area contributed by atoms with E-state index in [1.165, 1.54) is 5.69 Å². The molecule has 0 radical (unpaired) electrons. The van der Waals surface area contributed by atoms with Crippen LogP contribution in [0.4, 0.5) is 5.69 Å². The van der Waals surface area contributed by atoms with Gasteiger partial charge < -0.3 is 20.9 Å². The zero-order chi connectivity index (χ0) is 21.2. The standard InChI is InChI=1S/C23H38N6O/c1-2-25-23(29-13-6-8-20(19-29)18-22(24)30)26-11-7-12-27-14-16-28(17-15-27)21-9-4-3-5-10-21/h3-5,9-10,20H,2,6-8,11-19H2,1H3,(H2,24,30)(H,25,26). The number of para-hydroxylation sites is 1. The predicted molar refractivity (Wildman–Crippen MR) is 124 cm³/mol. The van der Waals surface area contributed by atoms with E-state index in [4.69, 9.17) is 10.7 Å². The van der Waals surface area contributed by atoms with E-state index in [0.717, 1.165) is 84.1 Å². The maximum absolute atomic E-state index is 11.3. The predicted octanol–water partition coefficient (Wildman–Crippen LogP) is 1.75. The van der Waals surface area contributed by atoms with Crippen molar-refractivity contribution in [1.29, 1.82) is 0 Å². The summed E-state index contributed by atoms with van der Waals surface area (Å²) in [6.45, 7) is 11.2. The molecule has 0 bridgehead atoms. The molecule has 0 aliphatic carbocycles. The van der Waals surface area contributed by atoms with E-state index in [1.807, 2.05) is 0 Å². The lowest BCUT2D eigenvalue weighted by Gasteiger charge is -2.36. The number of hydrogen-bond donors (Lipinski definition) is 2. The van der Waals surface area contributed by atoms with Crippen molar-refractivity contribution in [1.82, 2.24) is 15.1 Å². The Morgan fingerprint density at radius 2 is 1.93 bits per heavy atom. The van der Waals surface area contributed by atoms with Gasteiger partial charge in [0, 0.05) is 71.0 Å². The monoisotopic (exact) mass is 414 g/mol. The number of primary amides is 1. The fourth-order valence-corrected chi connectivity index (χ4v) is 4.48. The van der Waals surface area contributed by atoms with Crippen molar-refractivity contribution in [2.45, 2.75) is 32.6 Å². The fourth-order valence-electron chi connectivity index (χ4n) is 4.48. The van der Waals surface area contributed by atoms with Crippen LogP contribution in [0.25, 0.3) is 0 Å². The first-order chi connectivity index (χ1) is 14.7. The third-order valence-electron chi connectivity index (χ3n) is 6.03. The van der Waals surface area contributed by atoms with Crippen LogP contribution in [-0.2, 0) is 4.79 Å². The molecule has 7 nitrogen and oxygen atoms in total. The first-order valence-electron chi connectivity index (χ1n) is 11.5. The Morgan fingerprint density at radius 3 is 2.63 bits per heavy atom. The summed E-state index contributed by atoms with van der Waals surface area (Å²) in [5.41, 5.74) is 6.73. The van der Waals surface area contributed by atoms with Gasteiger partial charge in [-0.05, 0) is 44.2 Å². The van der Waals surface area contributed by atoms with Gasteiger partial charge in [0.1, 0.15) is 0 Å². The first kappa shape index (κ1) is 22.4. The van der Waals surface area contributed by atoms with Crippen molar-refractivity contribution < 1.29 is 4.79 Å². The Labute approximate surface area is 181 Å². The van der Waals surface area contributed by atoms with Gasteiger partial charge in [0.25, 0.3) is 0 Å². The lowest BCUT2D eigenvalue weighted by molar-refractivity contribution is -0.119. The molecule has 2 aliphatic heterocycles. The molecule has 1 amide bonds. The summed E-state index contributed by atoms with van der Waals surface area (Å²) < 4.78 is 0. The van der Waals surface area contributed by atoms with E-state index in [1.54, 1.807) is 0 Å². The third kappa shape index (κ3) is 6.90. The van der Waals surface area contributed by atoms with Crippen LogP contribution in [0.1, 0.15) is 32.6 Å². The van der Waals surface area contributed by atoms with E-state index in [9.17, 15) is 4.79 Å². The second-order valence-corrected chi connectivity index (χ2v) is 8.38. The molecule has 30 heavy (non-hydrogen) atoms. The second kappa shape index (κ2) is 11.8. The number of anilines is 1. The average Bonchev–Trinajstić information content (AvgIpc) is 2.77. The summed E-state index contributed by atoms with van der Waals surface area (Å²) in [7, 11) is 0. The van der Waals surface area contributed by atoms with E-state index in [-0.39, 0.29) is 5.91 Å². The van der Waals surface area contributed by atoms with Gasteiger partial charge in [-0.15, -0.1) is 0 Å². The number of aliphatic imine (C=N–C) groups is 1. The van der Waals surface area contributed by atoms with Gasteiger partial charge in [0.15, 0.2) is 5.96 Å². The number of likely N-dealkylation sites (tertiary alicyclic amines) is 1. The van der Waals surface area contributed by atoms with Crippen molar-refractivity contribution in [3.8, 4) is 0 Å². The minimum Gasteiger partial charge on any atom is -0.370 e. The van der Waals surface area contributed by atoms with Crippen molar-refractivity contribution >= 4 is 17.6 Å². The number of carbonyl (C=O) groups is 1. The molecule has 3 rings (SSSR count). The van der Waals surface area contributed by atoms with Crippen LogP contribution in [0.2, 0.25) is 0 Å². The summed E-state index contributed by atoms with van der Waals surface area (Å²) in [4.78, 5) is 23.5. The van der Waals surface area contributed by atoms with Crippen LogP contribution in [0.3, 0.4) is 0 Å². The Bertz CT molecular complexity index is 672. The number of guanidine groups is 1.